The normalized spacial score (nSPS) is 22.4. The molecule has 0 aliphatic carbocycles. The van der Waals surface area contributed by atoms with Crippen molar-refractivity contribution in [1.82, 2.24) is 15.5 Å². The minimum atomic E-state index is -0.386. The van der Waals surface area contributed by atoms with Crippen molar-refractivity contribution in [2.75, 3.05) is 20.2 Å². The van der Waals surface area contributed by atoms with Crippen LogP contribution in [0.1, 0.15) is 12.8 Å². The zero-order valence-corrected chi connectivity index (χ0v) is 8.12. The maximum atomic E-state index is 11.2. The fraction of sp³-hybridized carbons (Fsp3) is 0.750. The third kappa shape index (κ3) is 2.68. The molecule has 0 aromatic rings. The Bertz CT molecular complexity index is 214. The first kappa shape index (κ1) is 10.9. The van der Waals surface area contributed by atoms with Crippen molar-refractivity contribution in [3.63, 3.8) is 0 Å². The van der Waals surface area contributed by atoms with Crippen molar-refractivity contribution in [3.8, 4) is 0 Å². The van der Waals surface area contributed by atoms with Crippen molar-refractivity contribution in [1.29, 1.82) is 0 Å². The van der Waals surface area contributed by atoms with Gasteiger partial charge < -0.3 is 10.4 Å². The minimum absolute atomic E-state index is 0.0987. The van der Waals surface area contributed by atoms with Gasteiger partial charge in [0, 0.05) is 13.7 Å². The molecule has 80 valence electrons. The summed E-state index contributed by atoms with van der Waals surface area (Å²) in [6.07, 6.45) is 0.558. The zero-order valence-electron chi connectivity index (χ0n) is 8.12. The highest BCUT2D eigenvalue weighted by Gasteiger charge is 2.28. The summed E-state index contributed by atoms with van der Waals surface area (Å²) in [5.41, 5.74) is 0. The van der Waals surface area contributed by atoms with Gasteiger partial charge >= 0.3 is 6.03 Å². The van der Waals surface area contributed by atoms with Crippen LogP contribution in [0.5, 0.6) is 0 Å². The van der Waals surface area contributed by atoms with Gasteiger partial charge in [0.1, 0.15) is 0 Å². The number of imide groups is 1. The number of amides is 3. The van der Waals surface area contributed by atoms with E-state index in [1.807, 2.05) is 0 Å². The molecule has 6 heteroatoms. The van der Waals surface area contributed by atoms with Gasteiger partial charge in [-0.15, -0.1) is 0 Å². The second-order valence-corrected chi connectivity index (χ2v) is 3.19. The summed E-state index contributed by atoms with van der Waals surface area (Å²) in [5, 5.41) is 14.1. The Balaban J connectivity index is 2.34. The van der Waals surface area contributed by atoms with Gasteiger partial charge in [0.15, 0.2) is 0 Å². The van der Waals surface area contributed by atoms with Crippen LogP contribution in [0, 0.1) is 0 Å². The second kappa shape index (κ2) is 4.92. The number of hydrogen-bond donors (Lipinski definition) is 3. The predicted molar refractivity (Wildman–Crippen MR) is 49.4 cm³/mol. The zero-order chi connectivity index (χ0) is 10.6. The van der Waals surface area contributed by atoms with Crippen LogP contribution < -0.4 is 10.6 Å². The summed E-state index contributed by atoms with van der Waals surface area (Å²) in [4.78, 5) is 23.4. The summed E-state index contributed by atoms with van der Waals surface area (Å²) in [5.74, 6) is -0.199. The van der Waals surface area contributed by atoms with E-state index in [1.54, 1.807) is 0 Å². The number of nitrogens with zero attached hydrogens (tertiary/aromatic N) is 1. The number of carbonyl (C=O) groups is 2. The smallest absolute Gasteiger partial charge is 0.325 e. The van der Waals surface area contributed by atoms with Gasteiger partial charge in [0.05, 0.1) is 12.6 Å². The number of nitrogens with one attached hydrogen (secondary N) is 2. The first-order valence-electron chi connectivity index (χ1n) is 4.56. The van der Waals surface area contributed by atoms with Crippen molar-refractivity contribution in [2.24, 2.45) is 0 Å². The van der Waals surface area contributed by atoms with Gasteiger partial charge in [-0.1, -0.05) is 0 Å². The number of hydrogen-bond acceptors (Lipinski definition) is 4. The lowest BCUT2D eigenvalue weighted by Gasteiger charge is -2.29. The molecule has 1 unspecified atom stereocenters. The molecule has 1 aliphatic heterocycles. The SMILES string of the molecule is CN1C(=O)CC(NCCCO)NC1=O. The number of carbonyl (C=O) groups excluding carboxylic acids is 2. The number of aliphatic hydroxyl groups excluding tert-OH is 1. The quantitative estimate of drug-likeness (QED) is 0.502. The average molecular weight is 201 g/mol. The largest absolute Gasteiger partial charge is 0.396 e. The molecule has 0 bridgehead atoms. The highest BCUT2D eigenvalue weighted by atomic mass is 16.3. The van der Waals surface area contributed by atoms with Crippen LogP contribution >= 0.6 is 0 Å². The van der Waals surface area contributed by atoms with E-state index in [-0.39, 0.29) is 31.1 Å². The molecule has 3 amide bonds. The van der Waals surface area contributed by atoms with Crippen molar-refractivity contribution in [3.05, 3.63) is 0 Å². The minimum Gasteiger partial charge on any atom is -0.396 e. The predicted octanol–water partition coefficient (Wildman–Crippen LogP) is -1.14. The topological polar surface area (TPSA) is 81.7 Å². The van der Waals surface area contributed by atoms with Gasteiger partial charge in [-0.05, 0) is 13.0 Å². The van der Waals surface area contributed by atoms with E-state index in [0.29, 0.717) is 13.0 Å². The molecule has 0 radical (unpaired) electrons. The lowest BCUT2D eigenvalue weighted by Crippen LogP contribution is -2.58. The van der Waals surface area contributed by atoms with E-state index in [4.69, 9.17) is 5.11 Å². The third-order valence-electron chi connectivity index (χ3n) is 2.08. The van der Waals surface area contributed by atoms with E-state index in [0.717, 1.165) is 4.90 Å². The lowest BCUT2D eigenvalue weighted by molar-refractivity contribution is -0.129. The molecule has 0 aromatic carbocycles. The third-order valence-corrected chi connectivity index (χ3v) is 2.08. The summed E-state index contributed by atoms with van der Waals surface area (Å²) in [6, 6.07) is -0.386. The molecule has 14 heavy (non-hydrogen) atoms. The Morgan fingerprint density at radius 1 is 1.64 bits per heavy atom. The molecule has 0 spiro atoms. The van der Waals surface area contributed by atoms with E-state index in [2.05, 4.69) is 10.6 Å². The molecule has 1 aliphatic rings. The second-order valence-electron chi connectivity index (χ2n) is 3.19. The number of rotatable bonds is 4. The molecule has 1 saturated heterocycles. The van der Waals surface area contributed by atoms with E-state index in [1.165, 1.54) is 7.05 Å². The van der Waals surface area contributed by atoms with Crippen LogP contribution in [-0.4, -0.2) is 48.3 Å². The first-order valence-corrected chi connectivity index (χ1v) is 4.56. The maximum Gasteiger partial charge on any atom is 0.325 e. The molecule has 1 heterocycles. The molecule has 1 atom stereocenters. The van der Waals surface area contributed by atoms with Gasteiger partial charge in [-0.25, -0.2) is 4.79 Å². The average Bonchev–Trinajstić information content (AvgIpc) is 2.14. The fourth-order valence-electron chi connectivity index (χ4n) is 1.20. The van der Waals surface area contributed by atoms with E-state index in [9.17, 15) is 9.59 Å². The van der Waals surface area contributed by atoms with Gasteiger partial charge in [-0.2, -0.15) is 0 Å². The van der Waals surface area contributed by atoms with Crippen molar-refractivity contribution >= 4 is 11.9 Å². The highest BCUT2D eigenvalue weighted by Crippen LogP contribution is 2.02. The van der Waals surface area contributed by atoms with Crippen molar-refractivity contribution in [2.45, 2.75) is 19.0 Å². The monoisotopic (exact) mass is 201 g/mol. The van der Waals surface area contributed by atoms with Crippen LogP contribution in [-0.2, 0) is 4.79 Å². The van der Waals surface area contributed by atoms with Crippen LogP contribution in [0.4, 0.5) is 4.79 Å². The Kier molecular flexibility index (Phi) is 3.84. The summed E-state index contributed by atoms with van der Waals surface area (Å²) < 4.78 is 0. The maximum absolute atomic E-state index is 11.2. The number of urea groups is 1. The molecule has 6 nitrogen and oxygen atoms in total. The molecule has 0 aromatic heterocycles. The number of aliphatic hydroxyl groups is 1. The standard InChI is InChI=1S/C8H15N3O3/c1-11-7(13)5-6(10-8(11)14)9-3-2-4-12/h6,9,12H,2-5H2,1H3,(H,10,14). The van der Waals surface area contributed by atoms with Crippen LogP contribution in [0.15, 0.2) is 0 Å². The lowest BCUT2D eigenvalue weighted by atomic mass is 10.2. The molecule has 1 fully saturated rings. The van der Waals surface area contributed by atoms with Crippen LogP contribution in [0.25, 0.3) is 0 Å². The summed E-state index contributed by atoms with van der Waals surface area (Å²) in [7, 11) is 1.45. The Hall–Kier alpha value is -1.14. The highest BCUT2D eigenvalue weighted by molar-refractivity contribution is 5.96. The van der Waals surface area contributed by atoms with Gasteiger partial charge in [-0.3, -0.25) is 15.0 Å². The Morgan fingerprint density at radius 2 is 2.36 bits per heavy atom. The van der Waals surface area contributed by atoms with Crippen molar-refractivity contribution < 1.29 is 14.7 Å². The first-order chi connectivity index (χ1) is 6.65. The Morgan fingerprint density at radius 3 is 2.93 bits per heavy atom. The van der Waals surface area contributed by atoms with Gasteiger partial charge in [0.25, 0.3) is 0 Å². The fourth-order valence-corrected chi connectivity index (χ4v) is 1.20. The summed E-state index contributed by atoms with van der Waals surface area (Å²) >= 11 is 0. The Labute approximate surface area is 82.3 Å². The van der Waals surface area contributed by atoms with Crippen LogP contribution in [0.3, 0.4) is 0 Å². The van der Waals surface area contributed by atoms with Crippen LogP contribution in [0.2, 0.25) is 0 Å². The summed E-state index contributed by atoms with van der Waals surface area (Å²) in [6.45, 7) is 0.681. The molecular formula is C8H15N3O3. The van der Waals surface area contributed by atoms with E-state index >= 15 is 0 Å². The molecule has 1 rings (SSSR count). The molecule has 0 saturated carbocycles. The van der Waals surface area contributed by atoms with Gasteiger partial charge in [0.2, 0.25) is 5.91 Å². The molecular weight excluding hydrogens is 186 g/mol. The van der Waals surface area contributed by atoms with E-state index < -0.39 is 0 Å². The molecule has 3 N–H and O–H groups in total.